The summed E-state index contributed by atoms with van der Waals surface area (Å²) in [4.78, 5) is 4.71. The molecule has 2 rings (SSSR count). The zero-order chi connectivity index (χ0) is 13.8. The Morgan fingerprint density at radius 2 is 2.37 bits per heavy atom. The number of thiocarbonyl (C=S) groups is 1. The molecule has 0 saturated heterocycles. The van der Waals surface area contributed by atoms with E-state index >= 15 is 0 Å². The maximum atomic E-state index is 5.77. The van der Waals surface area contributed by atoms with E-state index in [1.165, 1.54) is 0 Å². The number of benzene rings is 1. The molecule has 1 aromatic heterocycles. The van der Waals surface area contributed by atoms with E-state index in [0.29, 0.717) is 10.9 Å². The van der Waals surface area contributed by atoms with Crippen molar-refractivity contribution >= 4 is 50.2 Å². The molecule has 1 aromatic carbocycles. The van der Waals surface area contributed by atoms with Crippen LogP contribution >= 0.6 is 39.5 Å². The summed E-state index contributed by atoms with van der Waals surface area (Å²) in [6.45, 7) is 2.93. The molecular weight excluding hydrogens is 342 g/mol. The summed E-state index contributed by atoms with van der Waals surface area (Å²) in [7, 11) is 0. The van der Waals surface area contributed by atoms with E-state index in [4.69, 9.17) is 18.0 Å². The van der Waals surface area contributed by atoms with E-state index in [0.717, 1.165) is 27.3 Å². The molecule has 3 nitrogen and oxygen atoms in total. The van der Waals surface area contributed by atoms with Crippen LogP contribution < -0.4 is 11.1 Å². The van der Waals surface area contributed by atoms with Crippen molar-refractivity contribution < 1.29 is 0 Å². The van der Waals surface area contributed by atoms with Crippen LogP contribution in [-0.2, 0) is 0 Å². The van der Waals surface area contributed by atoms with Gasteiger partial charge in [0.25, 0.3) is 0 Å². The molecule has 1 atom stereocenters. The minimum Gasteiger partial charge on any atom is -0.389 e. The minimum atomic E-state index is 0.346. The molecule has 0 aliphatic rings. The number of halogens is 1. The number of nitrogens with two attached hydrogens (primary N) is 1. The number of nitrogens with zero attached hydrogens (tertiary/aromatic N) is 1. The van der Waals surface area contributed by atoms with E-state index in [1.807, 2.05) is 29.8 Å². The summed E-state index contributed by atoms with van der Waals surface area (Å²) in [6, 6.07) is 5.87. The van der Waals surface area contributed by atoms with Gasteiger partial charge >= 0.3 is 0 Å². The van der Waals surface area contributed by atoms with Crippen molar-refractivity contribution in [2.24, 2.45) is 5.73 Å². The third-order valence-electron chi connectivity index (χ3n) is 2.73. The molecule has 0 spiro atoms. The Labute approximate surface area is 130 Å². The second kappa shape index (κ2) is 6.45. The van der Waals surface area contributed by atoms with Gasteiger partial charge in [-0.1, -0.05) is 25.2 Å². The van der Waals surface area contributed by atoms with Crippen LogP contribution in [0.25, 0.3) is 0 Å². The van der Waals surface area contributed by atoms with Crippen molar-refractivity contribution in [3.05, 3.63) is 44.8 Å². The molecule has 0 saturated carbocycles. The minimum absolute atomic E-state index is 0.346. The van der Waals surface area contributed by atoms with Crippen LogP contribution in [-0.4, -0.2) is 16.5 Å². The molecule has 1 unspecified atom stereocenters. The highest BCUT2D eigenvalue weighted by Gasteiger charge is 2.12. The van der Waals surface area contributed by atoms with Crippen LogP contribution in [0, 0.1) is 0 Å². The van der Waals surface area contributed by atoms with Crippen LogP contribution in [0.3, 0.4) is 0 Å². The van der Waals surface area contributed by atoms with Crippen molar-refractivity contribution in [1.82, 2.24) is 4.98 Å². The zero-order valence-electron chi connectivity index (χ0n) is 10.4. The number of anilines is 1. The lowest BCUT2D eigenvalue weighted by Crippen LogP contribution is -2.16. The standard InChI is InChI=1S/C13H14BrN3S2/c1-8(13-16-5-6-19-13)7-17-10-4-2-3-9(14)11(10)12(15)18/h2-6,8,17H,7H2,1H3,(H2,15,18). The third kappa shape index (κ3) is 3.52. The monoisotopic (exact) mass is 355 g/mol. The molecule has 0 bridgehead atoms. The zero-order valence-corrected chi connectivity index (χ0v) is 13.6. The largest absolute Gasteiger partial charge is 0.389 e. The highest BCUT2D eigenvalue weighted by Crippen LogP contribution is 2.26. The topological polar surface area (TPSA) is 50.9 Å². The summed E-state index contributed by atoms with van der Waals surface area (Å²) in [6.07, 6.45) is 1.83. The molecule has 6 heteroatoms. The van der Waals surface area contributed by atoms with Crippen LogP contribution in [0.2, 0.25) is 0 Å². The first kappa shape index (κ1) is 14.4. The van der Waals surface area contributed by atoms with Gasteiger partial charge in [-0.3, -0.25) is 0 Å². The molecule has 0 fully saturated rings. The molecule has 3 N–H and O–H groups in total. The second-order valence-electron chi connectivity index (χ2n) is 4.18. The van der Waals surface area contributed by atoms with Gasteiger partial charge < -0.3 is 11.1 Å². The lowest BCUT2D eigenvalue weighted by molar-refractivity contribution is 0.795. The van der Waals surface area contributed by atoms with Crippen LogP contribution in [0.4, 0.5) is 5.69 Å². The Balaban J connectivity index is 2.12. The highest BCUT2D eigenvalue weighted by atomic mass is 79.9. The summed E-state index contributed by atoms with van der Waals surface area (Å²) < 4.78 is 0.909. The fourth-order valence-corrected chi connectivity index (χ4v) is 3.38. The van der Waals surface area contributed by atoms with Gasteiger partial charge in [-0.25, -0.2) is 4.98 Å². The van der Waals surface area contributed by atoms with Crippen molar-refractivity contribution in [3.8, 4) is 0 Å². The predicted molar refractivity (Wildman–Crippen MR) is 89.0 cm³/mol. The molecule has 0 radical (unpaired) electrons. The van der Waals surface area contributed by atoms with E-state index in [-0.39, 0.29) is 0 Å². The van der Waals surface area contributed by atoms with Crippen LogP contribution in [0.5, 0.6) is 0 Å². The third-order valence-corrected chi connectivity index (χ3v) is 4.60. The smallest absolute Gasteiger partial charge is 0.107 e. The van der Waals surface area contributed by atoms with Gasteiger partial charge in [0.15, 0.2) is 0 Å². The fraction of sp³-hybridized carbons (Fsp3) is 0.231. The predicted octanol–water partition coefficient (Wildman–Crippen LogP) is 3.76. The average molecular weight is 356 g/mol. The Kier molecular flexibility index (Phi) is 4.90. The number of nitrogens with one attached hydrogen (secondary N) is 1. The lowest BCUT2D eigenvalue weighted by atomic mass is 10.1. The molecule has 0 aliphatic heterocycles. The van der Waals surface area contributed by atoms with Gasteiger partial charge in [0, 0.05) is 39.8 Å². The highest BCUT2D eigenvalue weighted by molar-refractivity contribution is 9.10. The number of thiazole rings is 1. The average Bonchev–Trinajstić information content (AvgIpc) is 2.89. The number of hydrogen-bond acceptors (Lipinski definition) is 4. The SMILES string of the molecule is CC(CNc1cccc(Br)c1C(N)=S)c1nccs1. The number of rotatable bonds is 5. The first-order valence-corrected chi connectivity index (χ1v) is 7.89. The summed E-state index contributed by atoms with van der Waals surface area (Å²) in [5, 5.41) is 6.51. The summed E-state index contributed by atoms with van der Waals surface area (Å²) >= 11 is 10.2. The maximum absolute atomic E-state index is 5.77. The van der Waals surface area contributed by atoms with E-state index in [2.05, 4.69) is 33.2 Å². The van der Waals surface area contributed by atoms with E-state index in [9.17, 15) is 0 Å². The Morgan fingerprint density at radius 1 is 1.58 bits per heavy atom. The molecule has 1 heterocycles. The van der Waals surface area contributed by atoms with Gasteiger partial charge in [0.2, 0.25) is 0 Å². The molecule has 2 aromatic rings. The number of aromatic nitrogens is 1. The van der Waals surface area contributed by atoms with Crippen molar-refractivity contribution in [3.63, 3.8) is 0 Å². The molecular formula is C13H14BrN3S2. The van der Waals surface area contributed by atoms with Gasteiger partial charge in [0.05, 0.1) is 5.01 Å². The lowest BCUT2D eigenvalue weighted by Gasteiger charge is -2.15. The summed E-state index contributed by atoms with van der Waals surface area (Å²) in [5.74, 6) is 0.346. The van der Waals surface area contributed by atoms with Gasteiger partial charge in [-0.05, 0) is 28.1 Å². The van der Waals surface area contributed by atoms with Gasteiger partial charge in [-0.15, -0.1) is 11.3 Å². The molecule has 100 valence electrons. The van der Waals surface area contributed by atoms with Crippen LogP contribution in [0.1, 0.15) is 23.4 Å². The van der Waals surface area contributed by atoms with Crippen LogP contribution in [0.15, 0.2) is 34.2 Å². The summed E-state index contributed by atoms with van der Waals surface area (Å²) in [5.41, 5.74) is 7.57. The first-order valence-electron chi connectivity index (χ1n) is 5.81. The van der Waals surface area contributed by atoms with Crippen molar-refractivity contribution in [1.29, 1.82) is 0 Å². The second-order valence-corrected chi connectivity index (χ2v) is 6.40. The van der Waals surface area contributed by atoms with Crippen molar-refractivity contribution in [2.45, 2.75) is 12.8 Å². The molecule has 19 heavy (non-hydrogen) atoms. The van der Waals surface area contributed by atoms with Gasteiger partial charge in [0.1, 0.15) is 4.99 Å². The normalized spacial score (nSPS) is 12.1. The van der Waals surface area contributed by atoms with Gasteiger partial charge in [-0.2, -0.15) is 0 Å². The molecule has 0 aliphatic carbocycles. The maximum Gasteiger partial charge on any atom is 0.107 e. The van der Waals surface area contributed by atoms with Crippen molar-refractivity contribution in [2.75, 3.05) is 11.9 Å². The fourth-order valence-electron chi connectivity index (χ4n) is 1.75. The molecule has 0 amide bonds. The Morgan fingerprint density at radius 3 is 3.00 bits per heavy atom. The van der Waals surface area contributed by atoms with E-state index in [1.54, 1.807) is 11.3 Å². The Hall–Kier alpha value is -0.980. The first-order chi connectivity index (χ1) is 9.09. The Bertz CT molecular complexity index is 569. The quantitative estimate of drug-likeness (QED) is 0.801. The van der Waals surface area contributed by atoms with E-state index < -0.39 is 0 Å². The number of hydrogen-bond donors (Lipinski definition) is 2.